The van der Waals surface area contributed by atoms with Gasteiger partial charge in [0.25, 0.3) is 5.56 Å². The van der Waals surface area contributed by atoms with Crippen LogP contribution in [0.1, 0.15) is 51.0 Å². The van der Waals surface area contributed by atoms with Gasteiger partial charge in [-0.05, 0) is 38.1 Å². The van der Waals surface area contributed by atoms with Gasteiger partial charge in [-0.1, -0.05) is 48.0 Å². The van der Waals surface area contributed by atoms with Crippen LogP contribution >= 0.6 is 15.9 Å². The number of halogens is 1. The molecular weight excluding hydrogens is 428 g/mol. The average Bonchev–Trinajstić information content (AvgIpc) is 3.06. The van der Waals surface area contributed by atoms with Crippen LogP contribution in [-0.2, 0) is 0 Å². The van der Waals surface area contributed by atoms with Gasteiger partial charge >= 0.3 is 0 Å². The summed E-state index contributed by atoms with van der Waals surface area (Å²) in [7, 11) is 0. The number of benzene rings is 2. The van der Waals surface area contributed by atoms with Crippen molar-refractivity contribution in [3.8, 4) is 0 Å². The number of fused-ring (bicyclic) bond motifs is 2. The van der Waals surface area contributed by atoms with E-state index in [0.29, 0.717) is 22.8 Å². The van der Waals surface area contributed by atoms with Gasteiger partial charge in [-0.25, -0.2) is 4.98 Å². The first-order valence-corrected chi connectivity index (χ1v) is 10.5. The van der Waals surface area contributed by atoms with Gasteiger partial charge in [-0.3, -0.25) is 4.79 Å². The Morgan fingerprint density at radius 2 is 1.83 bits per heavy atom. The molecule has 0 aliphatic carbocycles. The third kappa shape index (κ3) is 3.53. The van der Waals surface area contributed by atoms with E-state index in [0.717, 1.165) is 20.9 Å². The van der Waals surface area contributed by atoms with Crippen molar-refractivity contribution in [1.29, 1.82) is 0 Å². The molecule has 4 aromatic rings. The fourth-order valence-corrected chi connectivity index (χ4v) is 3.89. The maximum atomic E-state index is 13.2. The third-order valence-electron chi connectivity index (χ3n) is 4.99. The molecule has 2 aromatic heterocycles. The minimum Gasteiger partial charge on any atom is -0.344 e. The molecule has 148 valence electrons. The number of para-hydroxylation sites is 1. The van der Waals surface area contributed by atoms with Gasteiger partial charge in [0.15, 0.2) is 0 Å². The molecule has 2 heterocycles. The second-order valence-electron chi connectivity index (χ2n) is 7.75. The fourth-order valence-electron chi connectivity index (χ4n) is 3.53. The quantitative estimate of drug-likeness (QED) is 0.374. The number of aromatic nitrogens is 3. The summed E-state index contributed by atoms with van der Waals surface area (Å²) < 4.78 is 4.50. The zero-order chi connectivity index (χ0) is 20.7. The highest BCUT2D eigenvalue weighted by Gasteiger charge is 2.14. The summed E-state index contributed by atoms with van der Waals surface area (Å²) in [6.45, 7) is 8.34. The van der Waals surface area contributed by atoms with Crippen LogP contribution in [0.25, 0.3) is 21.8 Å². The normalized spacial score (nSPS) is 12.2. The van der Waals surface area contributed by atoms with E-state index in [1.54, 1.807) is 12.3 Å². The van der Waals surface area contributed by atoms with Crippen molar-refractivity contribution in [2.75, 3.05) is 0 Å². The lowest BCUT2D eigenvalue weighted by Crippen LogP contribution is -2.23. The van der Waals surface area contributed by atoms with Crippen molar-refractivity contribution in [2.24, 2.45) is 5.10 Å². The minimum absolute atomic E-state index is 0.0601. The zero-order valence-electron chi connectivity index (χ0n) is 16.9. The molecule has 0 fully saturated rings. The Morgan fingerprint density at radius 1 is 1.07 bits per heavy atom. The first-order valence-electron chi connectivity index (χ1n) is 9.73. The second-order valence-corrected chi connectivity index (χ2v) is 8.67. The molecule has 6 heteroatoms. The number of rotatable bonds is 4. The Kier molecular flexibility index (Phi) is 5.13. The molecule has 29 heavy (non-hydrogen) atoms. The minimum atomic E-state index is -0.163. The Balaban J connectivity index is 1.91. The highest BCUT2D eigenvalue weighted by atomic mass is 79.9. The standard InChI is InChI=1S/C23H23BrN4O/c1-14(2)22-26-20-10-9-17(24)11-19(20)23(29)28(22)25-12-16-13-27(15(3)4)21-8-6-5-7-18(16)21/h5-15H,1-4H3. The van der Waals surface area contributed by atoms with E-state index in [4.69, 9.17) is 4.98 Å². The van der Waals surface area contributed by atoms with E-state index in [2.05, 4.69) is 57.8 Å². The molecule has 0 N–H and O–H groups in total. The Hall–Kier alpha value is -2.73. The molecule has 0 unspecified atom stereocenters. The zero-order valence-corrected chi connectivity index (χ0v) is 18.5. The topological polar surface area (TPSA) is 52.2 Å². The van der Waals surface area contributed by atoms with Gasteiger partial charge < -0.3 is 4.57 Å². The molecule has 0 aliphatic rings. The van der Waals surface area contributed by atoms with Gasteiger partial charge in [-0.15, -0.1) is 0 Å². The van der Waals surface area contributed by atoms with E-state index in [9.17, 15) is 4.79 Å². The molecule has 0 aliphatic heterocycles. The van der Waals surface area contributed by atoms with Crippen LogP contribution in [0.2, 0.25) is 0 Å². The molecule has 0 amide bonds. The molecule has 0 atom stereocenters. The number of nitrogens with zero attached hydrogens (tertiary/aromatic N) is 4. The van der Waals surface area contributed by atoms with Crippen molar-refractivity contribution in [3.05, 3.63) is 74.9 Å². The lowest BCUT2D eigenvalue weighted by molar-refractivity contribution is 0.622. The summed E-state index contributed by atoms with van der Waals surface area (Å²) in [5, 5.41) is 6.25. The SMILES string of the molecule is CC(C)c1nc2ccc(Br)cc2c(=O)n1N=Cc1cn(C(C)C)c2ccccc12. The van der Waals surface area contributed by atoms with E-state index in [-0.39, 0.29) is 11.5 Å². The summed E-state index contributed by atoms with van der Waals surface area (Å²) in [5.41, 5.74) is 2.65. The molecule has 0 radical (unpaired) electrons. The number of hydrogen-bond donors (Lipinski definition) is 0. The maximum Gasteiger partial charge on any atom is 0.282 e. The van der Waals surface area contributed by atoms with Crippen LogP contribution in [-0.4, -0.2) is 20.4 Å². The molecule has 4 rings (SSSR count). The van der Waals surface area contributed by atoms with Gasteiger partial charge in [0.05, 0.1) is 17.1 Å². The Labute approximate surface area is 177 Å². The summed E-state index contributed by atoms with van der Waals surface area (Å²) in [4.78, 5) is 17.9. The van der Waals surface area contributed by atoms with Crippen LogP contribution in [0.5, 0.6) is 0 Å². The predicted molar refractivity (Wildman–Crippen MR) is 123 cm³/mol. The highest BCUT2D eigenvalue weighted by molar-refractivity contribution is 9.10. The first kappa shape index (κ1) is 19.6. The highest BCUT2D eigenvalue weighted by Crippen LogP contribution is 2.24. The Bertz CT molecular complexity index is 1300. The fraction of sp³-hybridized carbons (Fsp3) is 0.261. The largest absolute Gasteiger partial charge is 0.344 e. The van der Waals surface area contributed by atoms with Crippen molar-refractivity contribution < 1.29 is 0 Å². The van der Waals surface area contributed by atoms with Gasteiger partial charge in [0, 0.05) is 39.1 Å². The molecule has 0 bridgehead atoms. The third-order valence-corrected chi connectivity index (χ3v) is 5.48. The summed E-state index contributed by atoms with van der Waals surface area (Å²) in [5.74, 6) is 0.707. The van der Waals surface area contributed by atoms with Crippen molar-refractivity contribution in [3.63, 3.8) is 0 Å². The summed E-state index contributed by atoms with van der Waals surface area (Å²) in [6, 6.07) is 14.1. The van der Waals surface area contributed by atoms with Gasteiger partial charge in [-0.2, -0.15) is 9.78 Å². The smallest absolute Gasteiger partial charge is 0.282 e. The predicted octanol–water partition coefficient (Wildman–Crippen LogP) is 5.70. The second kappa shape index (κ2) is 7.59. The van der Waals surface area contributed by atoms with E-state index in [1.165, 1.54) is 4.68 Å². The molecule has 0 spiro atoms. The molecule has 0 saturated carbocycles. The molecular formula is C23H23BrN4O. The van der Waals surface area contributed by atoms with E-state index in [1.807, 2.05) is 38.1 Å². The van der Waals surface area contributed by atoms with Crippen LogP contribution in [0.15, 0.2) is 63.0 Å². The van der Waals surface area contributed by atoms with Crippen LogP contribution < -0.4 is 5.56 Å². The first-order chi connectivity index (χ1) is 13.9. The molecule has 0 saturated heterocycles. The van der Waals surface area contributed by atoms with Crippen LogP contribution in [0, 0.1) is 0 Å². The lowest BCUT2D eigenvalue weighted by atomic mass is 10.2. The average molecular weight is 451 g/mol. The summed E-state index contributed by atoms with van der Waals surface area (Å²) >= 11 is 3.44. The van der Waals surface area contributed by atoms with Gasteiger partial charge in [0.2, 0.25) is 0 Å². The molecule has 5 nitrogen and oxygen atoms in total. The number of hydrogen-bond acceptors (Lipinski definition) is 3. The lowest BCUT2D eigenvalue weighted by Gasteiger charge is -2.11. The van der Waals surface area contributed by atoms with Crippen molar-refractivity contribution >= 4 is 44.0 Å². The monoisotopic (exact) mass is 450 g/mol. The van der Waals surface area contributed by atoms with Crippen molar-refractivity contribution in [1.82, 2.24) is 14.2 Å². The van der Waals surface area contributed by atoms with Crippen molar-refractivity contribution in [2.45, 2.75) is 39.7 Å². The Morgan fingerprint density at radius 3 is 2.55 bits per heavy atom. The summed E-state index contributed by atoms with van der Waals surface area (Å²) in [6.07, 6.45) is 3.85. The van der Waals surface area contributed by atoms with E-state index < -0.39 is 0 Å². The van der Waals surface area contributed by atoms with Crippen LogP contribution in [0.4, 0.5) is 0 Å². The van der Waals surface area contributed by atoms with Crippen LogP contribution in [0.3, 0.4) is 0 Å². The van der Waals surface area contributed by atoms with Gasteiger partial charge in [0.1, 0.15) is 5.82 Å². The molecule has 2 aromatic carbocycles. The van der Waals surface area contributed by atoms with E-state index >= 15 is 0 Å². The maximum absolute atomic E-state index is 13.2.